The predicted molar refractivity (Wildman–Crippen MR) is 82.0 cm³/mol. The third-order valence-corrected chi connectivity index (χ3v) is 3.40. The highest BCUT2D eigenvalue weighted by atomic mass is 19.1. The quantitative estimate of drug-likeness (QED) is 0.804. The molecule has 6 heteroatoms. The van der Waals surface area contributed by atoms with Crippen molar-refractivity contribution in [3.8, 4) is 11.3 Å². The third-order valence-electron chi connectivity index (χ3n) is 3.40. The first-order valence-electron chi connectivity index (χ1n) is 7.04. The fraction of sp³-hybridized carbons (Fsp3) is 0.118. The van der Waals surface area contributed by atoms with Crippen LogP contribution in [0, 0.1) is 12.7 Å². The first kappa shape index (κ1) is 14.9. The van der Waals surface area contributed by atoms with Crippen molar-refractivity contribution in [3.05, 3.63) is 71.4 Å². The maximum absolute atomic E-state index is 13.6. The van der Waals surface area contributed by atoms with Gasteiger partial charge in [0, 0.05) is 30.6 Å². The summed E-state index contributed by atoms with van der Waals surface area (Å²) in [5, 5.41) is 6.47. The number of hydrogen-bond donors (Lipinski definition) is 1. The summed E-state index contributed by atoms with van der Waals surface area (Å²) in [5.74, 6) is -0.343. The number of nitrogens with zero attached hydrogens (tertiary/aromatic N) is 2. The molecule has 23 heavy (non-hydrogen) atoms. The van der Waals surface area contributed by atoms with Crippen LogP contribution in [0.5, 0.6) is 0 Å². The highest BCUT2D eigenvalue weighted by molar-refractivity contribution is 5.93. The molecule has 1 amide bonds. The topological polar surface area (TPSA) is 68.0 Å². The maximum atomic E-state index is 13.6. The molecular formula is C17H14FN3O2. The van der Waals surface area contributed by atoms with Gasteiger partial charge in [-0.2, -0.15) is 0 Å². The van der Waals surface area contributed by atoms with Crippen LogP contribution in [0.4, 0.5) is 4.39 Å². The number of halogens is 1. The summed E-state index contributed by atoms with van der Waals surface area (Å²) in [4.78, 5) is 16.0. The van der Waals surface area contributed by atoms with E-state index < -0.39 is 0 Å². The van der Waals surface area contributed by atoms with Gasteiger partial charge < -0.3 is 9.84 Å². The van der Waals surface area contributed by atoms with Crippen LogP contribution in [0.15, 0.2) is 53.3 Å². The molecule has 1 aromatic carbocycles. The predicted octanol–water partition coefficient (Wildman–Crippen LogP) is 3.11. The van der Waals surface area contributed by atoms with Gasteiger partial charge in [0.2, 0.25) is 0 Å². The van der Waals surface area contributed by atoms with E-state index in [1.54, 1.807) is 31.5 Å². The molecule has 2 heterocycles. The van der Waals surface area contributed by atoms with E-state index in [4.69, 9.17) is 4.52 Å². The lowest BCUT2D eigenvalue weighted by Crippen LogP contribution is -2.22. The summed E-state index contributed by atoms with van der Waals surface area (Å²) in [6.45, 7) is 2.04. The summed E-state index contributed by atoms with van der Waals surface area (Å²) in [6, 6.07) is 9.83. The molecule has 0 aliphatic carbocycles. The van der Waals surface area contributed by atoms with Gasteiger partial charge in [0.05, 0.1) is 0 Å². The van der Waals surface area contributed by atoms with Crippen molar-refractivity contribution >= 4 is 5.91 Å². The lowest BCUT2D eigenvalue weighted by molar-refractivity contribution is 0.0942. The van der Waals surface area contributed by atoms with Crippen molar-refractivity contribution in [2.45, 2.75) is 13.5 Å². The van der Waals surface area contributed by atoms with Gasteiger partial charge in [-0.3, -0.25) is 9.78 Å². The normalized spacial score (nSPS) is 10.5. The summed E-state index contributed by atoms with van der Waals surface area (Å²) in [6.07, 6.45) is 3.31. The van der Waals surface area contributed by atoms with E-state index >= 15 is 0 Å². The molecule has 0 radical (unpaired) electrons. The van der Waals surface area contributed by atoms with Gasteiger partial charge in [0.15, 0.2) is 11.5 Å². The summed E-state index contributed by atoms with van der Waals surface area (Å²) in [7, 11) is 0. The first-order chi connectivity index (χ1) is 11.1. The molecule has 0 saturated heterocycles. The van der Waals surface area contributed by atoms with Crippen LogP contribution < -0.4 is 5.32 Å². The monoisotopic (exact) mass is 311 g/mol. The summed E-state index contributed by atoms with van der Waals surface area (Å²) < 4.78 is 18.7. The highest BCUT2D eigenvalue weighted by Crippen LogP contribution is 2.22. The largest absolute Gasteiger partial charge is 0.355 e. The maximum Gasteiger partial charge on any atom is 0.273 e. The summed E-state index contributed by atoms with van der Waals surface area (Å²) in [5.41, 5.74) is 2.16. The number of hydrogen-bond acceptors (Lipinski definition) is 4. The molecule has 0 saturated carbocycles. The van der Waals surface area contributed by atoms with E-state index in [2.05, 4.69) is 15.5 Å². The molecule has 3 aromatic rings. The molecule has 0 fully saturated rings. The van der Waals surface area contributed by atoms with Gasteiger partial charge in [0.25, 0.3) is 5.91 Å². The Balaban J connectivity index is 1.71. The third kappa shape index (κ3) is 3.42. The van der Waals surface area contributed by atoms with E-state index in [1.807, 2.05) is 12.1 Å². The molecule has 5 nitrogen and oxygen atoms in total. The SMILES string of the molecule is Cc1ccc(-c2cc(C(=O)NCc3ccncc3)no2)cc1F. The van der Waals surface area contributed by atoms with Crippen LogP contribution in [0.25, 0.3) is 11.3 Å². The first-order valence-corrected chi connectivity index (χ1v) is 7.04. The summed E-state index contributed by atoms with van der Waals surface area (Å²) >= 11 is 0. The van der Waals surface area contributed by atoms with Crippen LogP contribution in [-0.4, -0.2) is 16.0 Å². The van der Waals surface area contributed by atoms with Gasteiger partial charge >= 0.3 is 0 Å². The lowest BCUT2D eigenvalue weighted by atomic mass is 10.1. The van der Waals surface area contributed by atoms with E-state index in [-0.39, 0.29) is 17.4 Å². The van der Waals surface area contributed by atoms with Gasteiger partial charge in [-0.15, -0.1) is 0 Å². The van der Waals surface area contributed by atoms with E-state index in [0.29, 0.717) is 23.4 Å². The Bertz CT molecular complexity index is 831. The van der Waals surface area contributed by atoms with Crippen molar-refractivity contribution in [2.75, 3.05) is 0 Å². The second kappa shape index (κ2) is 6.39. The van der Waals surface area contributed by atoms with Gasteiger partial charge in [-0.05, 0) is 36.2 Å². The zero-order valence-corrected chi connectivity index (χ0v) is 12.4. The van der Waals surface area contributed by atoms with Crippen molar-refractivity contribution < 1.29 is 13.7 Å². The number of carbonyl (C=O) groups is 1. The molecule has 2 aromatic heterocycles. The minimum absolute atomic E-state index is 0.148. The van der Waals surface area contributed by atoms with E-state index in [9.17, 15) is 9.18 Å². The van der Waals surface area contributed by atoms with Crippen LogP contribution in [-0.2, 0) is 6.54 Å². The Labute approximate surface area is 132 Å². The molecule has 0 spiro atoms. The number of aromatic nitrogens is 2. The number of benzene rings is 1. The fourth-order valence-electron chi connectivity index (χ4n) is 2.04. The molecular weight excluding hydrogens is 297 g/mol. The number of rotatable bonds is 4. The van der Waals surface area contributed by atoms with Gasteiger partial charge in [-0.25, -0.2) is 4.39 Å². The molecule has 1 N–H and O–H groups in total. The molecule has 0 bridgehead atoms. The average Bonchev–Trinajstić information content (AvgIpc) is 3.06. The number of carbonyl (C=O) groups excluding carboxylic acids is 1. The second-order valence-electron chi connectivity index (χ2n) is 5.08. The molecule has 3 rings (SSSR count). The Morgan fingerprint density at radius 1 is 1.22 bits per heavy atom. The van der Waals surface area contributed by atoms with Crippen LogP contribution >= 0.6 is 0 Å². The smallest absolute Gasteiger partial charge is 0.273 e. The average molecular weight is 311 g/mol. The van der Waals surface area contributed by atoms with Crippen molar-refractivity contribution in [3.63, 3.8) is 0 Å². The molecule has 116 valence electrons. The minimum atomic E-state index is -0.357. The van der Waals surface area contributed by atoms with Crippen molar-refractivity contribution in [1.29, 1.82) is 0 Å². The van der Waals surface area contributed by atoms with E-state index in [1.165, 1.54) is 12.1 Å². The molecule has 0 aliphatic heterocycles. The minimum Gasteiger partial charge on any atom is -0.355 e. The lowest BCUT2D eigenvalue weighted by Gasteiger charge is -2.01. The number of aryl methyl sites for hydroxylation is 1. The molecule has 0 unspecified atom stereocenters. The van der Waals surface area contributed by atoms with Crippen LogP contribution in [0.2, 0.25) is 0 Å². The van der Waals surface area contributed by atoms with Gasteiger partial charge in [-0.1, -0.05) is 17.3 Å². The Morgan fingerprint density at radius 2 is 2.00 bits per heavy atom. The molecule has 0 atom stereocenters. The Morgan fingerprint density at radius 3 is 2.74 bits per heavy atom. The molecule has 0 aliphatic rings. The highest BCUT2D eigenvalue weighted by Gasteiger charge is 2.14. The zero-order valence-electron chi connectivity index (χ0n) is 12.4. The van der Waals surface area contributed by atoms with Crippen molar-refractivity contribution in [1.82, 2.24) is 15.5 Å². The van der Waals surface area contributed by atoms with E-state index in [0.717, 1.165) is 5.56 Å². The second-order valence-corrected chi connectivity index (χ2v) is 5.08. The Kier molecular flexibility index (Phi) is 4.14. The number of pyridine rings is 1. The zero-order chi connectivity index (χ0) is 16.2. The fourth-order valence-corrected chi connectivity index (χ4v) is 2.04. The number of nitrogens with one attached hydrogen (secondary N) is 1. The Hall–Kier alpha value is -3.02. The van der Waals surface area contributed by atoms with Crippen LogP contribution in [0.3, 0.4) is 0 Å². The van der Waals surface area contributed by atoms with Crippen molar-refractivity contribution in [2.24, 2.45) is 0 Å². The number of amides is 1. The van der Waals surface area contributed by atoms with Gasteiger partial charge in [0.1, 0.15) is 5.82 Å². The standard InChI is InChI=1S/C17H14FN3O2/c1-11-2-3-13(8-14(11)18)16-9-15(21-23-16)17(22)20-10-12-4-6-19-7-5-12/h2-9H,10H2,1H3,(H,20,22). The van der Waals surface area contributed by atoms with Crippen LogP contribution in [0.1, 0.15) is 21.6 Å².